The number of piperazine rings is 1. The van der Waals surface area contributed by atoms with Gasteiger partial charge >= 0.3 is 6.01 Å². The van der Waals surface area contributed by atoms with Gasteiger partial charge in [0.1, 0.15) is 23.6 Å². The first-order chi connectivity index (χ1) is 18.3. The van der Waals surface area contributed by atoms with Gasteiger partial charge in [-0.3, -0.25) is 9.88 Å². The fraction of sp³-hybridized carbons (Fsp3) is 0.414. The molecule has 2 aliphatic rings. The summed E-state index contributed by atoms with van der Waals surface area (Å²) >= 11 is 6.56. The van der Waals surface area contributed by atoms with Crippen molar-refractivity contribution >= 4 is 39.1 Å². The molecule has 0 bridgehead atoms. The first-order valence-electron chi connectivity index (χ1n) is 13.2. The van der Waals surface area contributed by atoms with Crippen molar-refractivity contribution in [3.8, 4) is 17.3 Å². The van der Waals surface area contributed by atoms with E-state index in [-0.39, 0.29) is 28.8 Å². The lowest BCUT2D eigenvalue weighted by atomic mass is 9.94. The van der Waals surface area contributed by atoms with Crippen LogP contribution in [-0.2, 0) is 0 Å². The zero-order valence-electron chi connectivity index (χ0n) is 22.0. The molecular weight excluding hydrogens is 503 g/mol. The number of anilines is 1. The molecule has 7 nitrogen and oxygen atoms in total. The molecule has 2 aromatic heterocycles. The third kappa shape index (κ3) is 4.55. The SMILES string of the molecule is CC(C)(C)N1CCC1COc1nc(N2CCNCC2)c2cnc(-c3cccc4cccc(Cl)c34)c(F)c2n1. The standard InChI is InChI=1S/C29H32ClFN6O/c1-29(2,3)37-13-10-19(37)17-38-28-34-26-21(27(35-28)36-14-11-32-12-15-36)16-33-25(24(26)31)20-8-4-6-18-7-5-9-22(30)23(18)20/h4-9,16,19,32H,10-15,17H2,1-3H3. The average molecular weight is 535 g/mol. The van der Waals surface area contributed by atoms with Crippen LogP contribution in [0, 0.1) is 5.82 Å². The molecule has 38 heavy (non-hydrogen) atoms. The minimum Gasteiger partial charge on any atom is -0.462 e. The second-order valence-electron chi connectivity index (χ2n) is 11.0. The van der Waals surface area contributed by atoms with Crippen LogP contribution in [0.5, 0.6) is 6.01 Å². The van der Waals surface area contributed by atoms with E-state index < -0.39 is 5.82 Å². The Bertz CT molecular complexity index is 1500. The van der Waals surface area contributed by atoms with E-state index in [0.29, 0.717) is 28.4 Å². The molecule has 0 amide bonds. The first-order valence-corrected chi connectivity index (χ1v) is 13.6. The summed E-state index contributed by atoms with van der Waals surface area (Å²) in [6.45, 7) is 11.3. The molecule has 2 fully saturated rings. The zero-order chi connectivity index (χ0) is 26.4. The number of fused-ring (bicyclic) bond motifs is 2. The van der Waals surface area contributed by atoms with Crippen molar-refractivity contribution in [1.82, 2.24) is 25.2 Å². The van der Waals surface area contributed by atoms with E-state index in [4.69, 9.17) is 21.3 Å². The van der Waals surface area contributed by atoms with Gasteiger partial charge in [0.15, 0.2) is 5.82 Å². The highest BCUT2D eigenvalue weighted by atomic mass is 35.5. The Balaban J connectivity index is 1.44. The third-order valence-corrected chi connectivity index (χ3v) is 7.89. The van der Waals surface area contributed by atoms with Gasteiger partial charge in [-0.25, -0.2) is 4.39 Å². The molecule has 0 saturated carbocycles. The van der Waals surface area contributed by atoms with Crippen molar-refractivity contribution in [2.75, 3.05) is 44.2 Å². The second-order valence-corrected chi connectivity index (χ2v) is 11.4. The van der Waals surface area contributed by atoms with E-state index >= 15 is 4.39 Å². The minimum absolute atomic E-state index is 0.0644. The van der Waals surface area contributed by atoms with Crippen molar-refractivity contribution in [3.05, 3.63) is 53.4 Å². The van der Waals surface area contributed by atoms with Gasteiger partial charge in [0.2, 0.25) is 0 Å². The Morgan fingerprint density at radius 1 is 1.08 bits per heavy atom. The summed E-state index contributed by atoms with van der Waals surface area (Å²) in [6, 6.07) is 11.8. The van der Waals surface area contributed by atoms with Gasteiger partial charge < -0.3 is 15.0 Å². The van der Waals surface area contributed by atoms with Gasteiger partial charge in [0, 0.05) is 66.5 Å². The summed E-state index contributed by atoms with van der Waals surface area (Å²) in [5.41, 5.74) is 1.12. The minimum atomic E-state index is -0.501. The molecule has 1 unspecified atom stereocenters. The largest absolute Gasteiger partial charge is 0.462 e. The highest BCUT2D eigenvalue weighted by Gasteiger charge is 2.36. The molecule has 6 rings (SSSR count). The molecule has 198 valence electrons. The van der Waals surface area contributed by atoms with Crippen LogP contribution in [0.3, 0.4) is 0 Å². The van der Waals surface area contributed by atoms with Crippen LogP contribution >= 0.6 is 11.6 Å². The summed E-state index contributed by atoms with van der Waals surface area (Å²) in [5, 5.41) is 6.18. The number of rotatable bonds is 5. The smallest absolute Gasteiger partial charge is 0.319 e. The normalized spacial score (nSPS) is 18.7. The lowest BCUT2D eigenvalue weighted by molar-refractivity contribution is -0.0223. The fourth-order valence-corrected chi connectivity index (χ4v) is 5.84. The maximum atomic E-state index is 16.3. The maximum Gasteiger partial charge on any atom is 0.319 e. The van der Waals surface area contributed by atoms with Crippen LogP contribution in [0.15, 0.2) is 42.6 Å². The summed E-state index contributed by atoms with van der Waals surface area (Å²) in [5.74, 6) is 0.153. The van der Waals surface area contributed by atoms with Gasteiger partial charge in [-0.2, -0.15) is 9.97 Å². The Morgan fingerprint density at radius 2 is 1.84 bits per heavy atom. The van der Waals surface area contributed by atoms with Crippen LogP contribution in [0.4, 0.5) is 10.2 Å². The predicted octanol–water partition coefficient (Wildman–Crippen LogP) is 5.30. The number of aromatic nitrogens is 3. The van der Waals surface area contributed by atoms with Crippen LogP contribution in [0.1, 0.15) is 27.2 Å². The van der Waals surface area contributed by atoms with Gasteiger partial charge in [0.25, 0.3) is 0 Å². The van der Waals surface area contributed by atoms with Crippen molar-refractivity contribution in [3.63, 3.8) is 0 Å². The first kappa shape index (κ1) is 25.2. The Morgan fingerprint density at radius 3 is 2.55 bits per heavy atom. The fourth-order valence-electron chi connectivity index (χ4n) is 5.55. The molecule has 9 heteroatoms. The summed E-state index contributed by atoms with van der Waals surface area (Å²) in [4.78, 5) is 18.5. The number of nitrogens with one attached hydrogen (secondary N) is 1. The number of nitrogens with zero attached hydrogens (tertiary/aromatic N) is 5. The Labute approximate surface area is 227 Å². The summed E-state index contributed by atoms with van der Waals surface area (Å²) < 4.78 is 22.5. The van der Waals surface area contributed by atoms with Crippen molar-refractivity contribution in [2.45, 2.75) is 38.8 Å². The van der Waals surface area contributed by atoms with E-state index in [1.807, 2.05) is 36.4 Å². The number of pyridine rings is 1. The molecule has 0 aliphatic carbocycles. The molecule has 0 radical (unpaired) electrons. The lowest BCUT2D eigenvalue weighted by Gasteiger charge is -2.49. The van der Waals surface area contributed by atoms with E-state index in [1.165, 1.54) is 0 Å². The Kier molecular flexibility index (Phi) is 6.58. The van der Waals surface area contributed by atoms with Gasteiger partial charge in [0.05, 0.1) is 5.39 Å². The van der Waals surface area contributed by atoms with Crippen LogP contribution in [0.2, 0.25) is 5.02 Å². The third-order valence-electron chi connectivity index (χ3n) is 7.58. The molecular formula is C29H32ClFN6O. The topological polar surface area (TPSA) is 66.4 Å². The van der Waals surface area contributed by atoms with Crippen molar-refractivity contribution in [1.29, 1.82) is 0 Å². The molecule has 2 aromatic carbocycles. The second kappa shape index (κ2) is 9.91. The number of likely N-dealkylation sites (tertiary alicyclic amines) is 1. The number of ether oxygens (including phenoxy) is 1. The van der Waals surface area contributed by atoms with E-state index in [0.717, 1.165) is 49.9 Å². The predicted molar refractivity (Wildman–Crippen MR) is 151 cm³/mol. The number of benzene rings is 2. The maximum absolute atomic E-state index is 16.3. The Hall–Kier alpha value is -3.07. The van der Waals surface area contributed by atoms with Crippen molar-refractivity contribution in [2.24, 2.45) is 0 Å². The molecule has 0 spiro atoms. The quantitative estimate of drug-likeness (QED) is 0.373. The molecule has 4 heterocycles. The molecule has 2 saturated heterocycles. The highest BCUT2D eigenvalue weighted by molar-refractivity contribution is 6.36. The van der Waals surface area contributed by atoms with Crippen molar-refractivity contribution < 1.29 is 9.13 Å². The summed E-state index contributed by atoms with van der Waals surface area (Å²) in [6.07, 6.45) is 2.73. The van der Waals surface area contributed by atoms with Gasteiger partial charge in [-0.15, -0.1) is 0 Å². The van der Waals surface area contributed by atoms with Gasteiger partial charge in [-0.05, 0) is 38.6 Å². The zero-order valence-corrected chi connectivity index (χ0v) is 22.7. The van der Waals surface area contributed by atoms with Gasteiger partial charge in [-0.1, -0.05) is 41.9 Å². The highest BCUT2D eigenvalue weighted by Crippen LogP contribution is 2.37. The molecule has 2 aliphatic heterocycles. The molecule has 1 atom stereocenters. The van der Waals surface area contributed by atoms with E-state index in [9.17, 15) is 0 Å². The molecule has 1 N–H and O–H groups in total. The average Bonchev–Trinajstić information content (AvgIpc) is 2.88. The lowest BCUT2D eigenvalue weighted by Crippen LogP contribution is -2.59. The number of hydrogen-bond acceptors (Lipinski definition) is 7. The molecule has 4 aromatic rings. The monoisotopic (exact) mass is 534 g/mol. The van der Waals surface area contributed by atoms with E-state index in [2.05, 4.69) is 45.9 Å². The van der Waals surface area contributed by atoms with E-state index in [1.54, 1.807) is 6.20 Å². The van der Waals surface area contributed by atoms with Crippen LogP contribution in [0.25, 0.3) is 32.9 Å². The summed E-state index contributed by atoms with van der Waals surface area (Å²) in [7, 11) is 0. The van der Waals surface area contributed by atoms with Crippen LogP contribution < -0.4 is 15.0 Å². The van der Waals surface area contributed by atoms with Crippen LogP contribution in [-0.4, -0.2) is 70.8 Å². The number of hydrogen-bond donors (Lipinski definition) is 1. The number of halogens is 2.